The fourth-order valence-electron chi connectivity index (χ4n) is 6.37. The Labute approximate surface area is 161 Å². The van der Waals surface area contributed by atoms with E-state index in [2.05, 4.69) is 15.6 Å². The van der Waals surface area contributed by atoms with Crippen molar-refractivity contribution in [3.63, 3.8) is 0 Å². The molecule has 0 aromatic carbocycles. The second-order valence-corrected chi connectivity index (χ2v) is 9.28. The van der Waals surface area contributed by atoms with E-state index in [1.54, 1.807) is 6.20 Å². The van der Waals surface area contributed by atoms with Gasteiger partial charge in [-0.25, -0.2) is 9.78 Å². The van der Waals surface area contributed by atoms with Crippen molar-refractivity contribution in [1.82, 2.24) is 15.6 Å². The molecule has 6 rings (SSSR count). The molecule has 0 spiro atoms. The van der Waals surface area contributed by atoms with Crippen LogP contribution in [0.25, 0.3) is 0 Å². The smallest absolute Gasteiger partial charge is 0.315 e. The van der Waals surface area contributed by atoms with Gasteiger partial charge in [-0.1, -0.05) is 6.07 Å². The van der Waals surface area contributed by atoms with Gasteiger partial charge in [0.1, 0.15) is 6.10 Å². The highest BCUT2D eigenvalue weighted by atomic mass is 16.5. The van der Waals surface area contributed by atoms with Gasteiger partial charge in [-0.2, -0.15) is 0 Å². The minimum Gasteiger partial charge on any atom is -0.474 e. The maximum Gasteiger partial charge on any atom is 0.315 e. The topological polar surface area (TPSA) is 63.2 Å². The van der Waals surface area contributed by atoms with Crippen molar-refractivity contribution in [3.8, 4) is 5.88 Å². The molecule has 0 saturated heterocycles. The van der Waals surface area contributed by atoms with E-state index in [0.717, 1.165) is 30.2 Å². The fourth-order valence-corrected chi connectivity index (χ4v) is 6.37. The minimum absolute atomic E-state index is 0.0388. The van der Waals surface area contributed by atoms with E-state index in [-0.39, 0.29) is 12.1 Å². The van der Waals surface area contributed by atoms with Gasteiger partial charge in [-0.3, -0.25) is 0 Å². The number of carbonyl (C=O) groups is 1. The van der Waals surface area contributed by atoms with Crippen LogP contribution in [0, 0.1) is 23.7 Å². The highest BCUT2D eigenvalue weighted by molar-refractivity contribution is 5.74. The lowest BCUT2D eigenvalue weighted by molar-refractivity contribution is -0.00942. The highest BCUT2D eigenvalue weighted by Crippen LogP contribution is 2.53. The first-order valence-electron chi connectivity index (χ1n) is 10.9. The van der Waals surface area contributed by atoms with Crippen LogP contribution in [0.5, 0.6) is 5.88 Å². The van der Waals surface area contributed by atoms with Gasteiger partial charge in [0.25, 0.3) is 0 Å². The van der Waals surface area contributed by atoms with Gasteiger partial charge in [-0.05, 0) is 87.5 Å². The van der Waals surface area contributed by atoms with Crippen molar-refractivity contribution in [2.24, 2.45) is 23.7 Å². The number of amides is 2. The average molecular weight is 370 g/mol. The second kappa shape index (κ2) is 7.33. The maximum absolute atomic E-state index is 12.6. The summed E-state index contributed by atoms with van der Waals surface area (Å²) in [5, 5.41) is 6.37. The minimum atomic E-state index is -0.0388. The summed E-state index contributed by atoms with van der Waals surface area (Å²) in [6, 6.07) is 4.25. The number of nitrogens with one attached hydrogen (secondary N) is 2. The predicted molar refractivity (Wildman–Crippen MR) is 103 cm³/mol. The van der Waals surface area contributed by atoms with Crippen LogP contribution in [-0.4, -0.2) is 23.2 Å². The number of nitrogens with zero attached hydrogens (tertiary/aromatic N) is 1. The van der Waals surface area contributed by atoms with Crippen LogP contribution >= 0.6 is 0 Å². The zero-order valence-corrected chi connectivity index (χ0v) is 16.0. The maximum atomic E-state index is 12.6. The largest absolute Gasteiger partial charge is 0.474 e. The van der Waals surface area contributed by atoms with Crippen LogP contribution < -0.4 is 15.4 Å². The standard InChI is InChI=1S/C22H31N3O2/c26-22(25-20-17-9-14-8-15(11-17)12-18(20)10-14)24-13-16-4-3-7-23-21(16)27-19-5-1-2-6-19/h3-4,7,14-15,17-20H,1-2,5-6,8-13H2,(H2,24,25,26). The van der Waals surface area contributed by atoms with Crippen molar-refractivity contribution in [2.75, 3.05) is 0 Å². The van der Waals surface area contributed by atoms with E-state index in [0.29, 0.717) is 30.3 Å². The lowest BCUT2D eigenvalue weighted by Crippen LogP contribution is -2.57. The Kier molecular flexibility index (Phi) is 4.70. The van der Waals surface area contributed by atoms with Gasteiger partial charge in [0.2, 0.25) is 5.88 Å². The SMILES string of the molecule is O=C(NCc1cccnc1OC1CCCC1)NC1C2CC3CC(C2)CC1C3. The molecule has 1 heterocycles. The molecule has 1 aromatic heterocycles. The van der Waals surface area contributed by atoms with Crippen LogP contribution in [0.1, 0.15) is 63.4 Å². The highest BCUT2D eigenvalue weighted by Gasteiger charge is 2.48. The molecule has 0 atom stereocenters. The van der Waals surface area contributed by atoms with Gasteiger partial charge in [0.15, 0.2) is 0 Å². The van der Waals surface area contributed by atoms with Gasteiger partial charge < -0.3 is 15.4 Å². The Morgan fingerprint density at radius 1 is 1.07 bits per heavy atom. The van der Waals surface area contributed by atoms with Crippen LogP contribution in [0.3, 0.4) is 0 Å². The number of rotatable bonds is 5. The Hall–Kier alpha value is -1.78. The molecule has 0 unspecified atom stereocenters. The van der Waals surface area contributed by atoms with Crippen molar-refractivity contribution in [2.45, 2.75) is 76.5 Å². The summed E-state index contributed by atoms with van der Waals surface area (Å²) < 4.78 is 6.08. The second-order valence-electron chi connectivity index (χ2n) is 9.28. The molecule has 0 aliphatic heterocycles. The summed E-state index contributed by atoms with van der Waals surface area (Å²) in [6.45, 7) is 0.467. The fraction of sp³-hybridized carbons (Fsp3) is 0.727. The summed E-state index contributed by atoms with van der Waals surface area (Å²) >= 11 is 0. The summed E-state index contributed by atoms with van der Waals surface area (Å²) in [5.74, 6) is 3.94. The number of hydrogen-bond acceptors (Lipinski definition) is 3. The van der Waals surface area contributed by atoms with Crippen molar-refractivity contribution >= 4 is 6.03 Å². The molecule has 2 N–H and O–H groups in total. The van der Waals surface area contributed by atoms with Gasteiger partial charge in [0.05, 0.1) is 0 Å². The molecule has 5 aliphatic carbocycles. The number of aromatic nitrogens is 1. The lowest BCUT2D eigenvalue weighted by atomic mass is 9.54. The molecule has 1 aromatic rings. The molecule has 5 saturated carbocycles. The number of pyridine rings is 1. The first-order chi connectivity index (χ1) is 13.2. The van der Waals surface area contributed by atoms with Gasteiger partial charge >= 0.3 is 6.03 Å². The molecular formula is C22H31N3O2. The molecule has 5 aliphatic rings. The molecule has 2 amide bonds. The third-order valence-electron chi connectivity index (χ3n) is 7.39. The first-order valence-corrected chi connectivity index (χ1v) is 10.9. The van der Waals surface area contributed by atoms with E-state index in [4.69, 9.17) is 4.74 Å². The Bertz CT molecular complexity index is 658. The molecule has 4 bridgehead atoms. The van der Waals surface area contributed by atoms with Crippen LogP contribution in [-0.2, 0) is 6.54 Å². The van der Waals surface area contributed by atoms with E-state index < -0.39 is 0 Å². The molecule has 0 radical (unpaired) electrons. The average Bonchev–Trinajstić information content (AvgIpc) is 3.16. The first kappa shape index (κ1) is 17.3. The zero-order chi connectivity index (χ0) is 18.2. The monoisotopic (exact) mass is 369 g/mol. The summed E-state index contributed by atoms with van der Waals surface area (Å²) in [6.07, 6.45) is 13.4. The lowest BCUT2D eigenvalue weighted by Gasteiger charge is -2.54. The number of ether oxygens (including phenoxy) is 1. The summed E-state index contributed by atoms with van der Waals surface area (Å²) in [7, 11) is 0. The van der Waals surface area contributed by atoms with E-state index in [1.165, 1.54) is 44.9 Å². The number of hydrogen-bond donors (Lipinski definition) is 2. The molecule has 5 fully saturated rings. The molecule has 5 nitrogen and oxygen atoms in total. The Morgan fingerprint density at radius 3 is 2.48 bits per heavy atom. The Morgan fingerprint density at radius 2 is 1.78 bits per heavy atom. The quantitative estimate of drug-likeness (QED) is 0.824. The predicted octanol–water partition coefficient (Wildman–Crippen LogP) is 4.03. The molecule has 5 heteroatoms. The normalized spacial score (nSPS) is 34.6. The van der Waals surface area contributed by atoms with Crippen LogP contribution in [0.2, 0.25) is 0 Å². The summed E-state index contributed by atoms with van der Waals surface area (Å²) in [4.78, 5) is 17.0. The summed E-state index contributed by atoms with van der Waals surface area (Å²) in [5.41, 5.74) is 0.963. The Balaban J connectivity index is 1.17. The zero-order valence-electron chi connectivity index (χ0n) is 16.0. The third-order valence-corrected chi connectivity index (χ3v) is 7.39. The number of urea groups is 1. The molecule has 146 valence electrons. The van der Waals surface area contributed by atoms with Crippen molar-refractivity contribution in [3.05, 3.63) is 23.9 Å². The van der Waals surface area contributed by atoms with Crippen molar-refractivity contribution < 1.29 is 9.53 Å². The third kappa shape index (κ3) is 3.65. The van der Waals surface area contributed by atoms with Crippen molar-refractivity contribution in [1.29, 1.82) is 0 Å². The van der Waals surface area contributed by atoms with Crippen LogP contribution in [0.4, 0.5) is 4.79 Å². The van der Waals surface area contributed by atoms with E-state index in [1.807, 2.05) is 12.1 Å². The molecular weight excluding hydrogens is 338 g/mol. The van der Waals surface area contributed by atoms with Gasteiger partial charge in [-0.15, -0.1) is 0 Å². The number of carbonyl (C=O) groups excluding carboxylic acids is 1. The van der Waals surface area contributed by atoms with E-state index in [9.17, 15) is 4.79 Å². The molecule has 27 heavy (non-hydrogen) atoms. The van der Waals surface area contributed by atoms with Gasteiger partial charge in [0, 0.05) is 24.3 Å². The van der Waals surface area contributed by atoms with Crippen LogP contribution in [0.15, 0.2) is 18.3 Å². The van der Waals surface area contributed by atoms with E-state index >= 15 is 0 Å².